The number of rotatable bonds is 3. The normalized spacial score (nSPS) is 24.7. The summed E-state index contributed by atoms with van der Waals surface area (Å²) in [6, 6.07) is 4.77. The van der Waals surface area contributed by atoms with E-state index < -0.39 is 20.5 Å². The van der Waals surface area contributed by atoms with Gasteiger partial charge < -0.3 is 10.2 Å². The molecule has 0 spiro atoms. The SMILES string of the molecule is O=C(c1ccc(S(=O)(=O)C(F)F)cc1)N1CC[C@@H]2CNC[C@@H]2CC1. The molecule has 2 saturated heterocycles. The average Bonchev–Trinajstić information content (AvgIpc) is 2.93. The fourth-order valence-electron chi connectivity index (χ4n) is 3.49. The number of fused-ring (bicyclic) bond motifs is 1. The van der Waals surface area contributed by atoms with E-state index >= 15 is 0 Å². The van der Waals surface area contributed by atoms with Gasteiger partial charge in [0.05, 0.1) is 4.90 Å². The molecule has 0 unspecified atom stereocenters. The van der Waals surface area contributed by atoms with Crippen LogP contribution in [0.25, 0.3) is 0 Å². The maximum Gasteiger partial charge on any atom is 0.341 e. The van der Waals surface area contributed by atoms with Gasteiger partial charge in [-0.3, -0.25) is 4.79 Å². The molecule has 2 fully saturated rings. The monoisotopic (exact) mass is 358 g/mol. The number of nitrogens with zero attached hydrogens (tertiary/aromatic N) is 1. The lowest BCUT2D eigenvalue weighted by molar-refractivity contribution is 0.0758. The van der Waals surface area contributed by atoms with Crippen LogP contribution in [0.4, 0.5) is 8.78 Å². The Bertz CT molecular complexity index is 693. The van der Waals surface area contributed by atoms with Gasteiger partial charge in [0.2, 0.25) is 9.84 Å². The van der Waals surface area contributed by atoms with Crippen molar-refractivity contribution in [3.05, 3.63) is 29.8 Å². The number of benzene rings is 1. The summed E-state index contributed by atoms with van der Waals surface area (Å²) in [5, 5.41) is 3.38. The van der Waals surface area contributed by atoms with Gasteiger partial charge in [0.15, 0.2) is 0 Å². The highest BCUT2D eigenvalue weighted by molar-refractivity contribution is 7.91. The highest BCUT2D eigenvalue weighted by Crippen LogP contribution is 2.28. The Hall–Kier alpha value is -1.54. The van der Waals surface area contributed by atoms with Crippen molar-refractivity contribution in [3.8, 4) is 0 Å². The minimum Gasteiger partial charge on any atom is -0.339 e. The third-order valence-corrected chi connectivity index (χ3v) is 6.37. The molecule has 0 bridgehead atoms. The predicted octanol–water partition coefficient (Wildman–Crippen LogP) is 1.75. The fraction of sp³-hybridized carbons (Fsp3) is 0.562. The van der Waals surface area contributed by atoms with Crippen LogP contribution < -0.4 is 5.32 Å². The van der Waals surface area contributed by atoms with Crippen LogP contribution in [-0.2, 0) is 9.84 Å². The Morgan fingerprint density at radius 3 is 2.12 bits per heavy atom. The molecule has 0 radical (unpaired) electrons. The second-order valence-corrected chi connectivity index (χ2v) is 8.30. The van der Waals surface area contributed by atoms with E-state index in [1.165, 1.54) is 12.1 Å². The van der Waals surface area contributed by atoms with Gasteiger partial charge in [-0.05, 0) is 62.0 Å². The van der Waals surface area contributed by atoms with Crippen LogP contribution in [0.1, 0.15) is 23.2 Å². The Labute approximate surface area is 139 Å². The largest absolute Gasteiger partial charge is 0.341 e. The van der Waals surface area contributed by atoms with E-state index in [9.17, 15) is 22.0 Å². The van der Waals surface area contributed by atoms with Gasteiger partial charge in [-0.2, -0.15) is 8.78 Å². The lowest BCUT2D eigenvalue weighted by atomic mass is 9.92. The third kappa shape index (κ3) is 3.30. The summed E-state index contributed by atoms with van der Waals surface area (Å²) in [5.74, 6) is -2.44. The Balaban J connectivity index is 1.71. The molecule has 1 aromatic carbocycles. The molecule has 5 nitrogen and oxygen atoms in total. The lowest BCUT2D eigenvalue weighted by Gasteiger charge is -2.21. The zero-order valence-electron chi connectivity index (χ0n) is 13.1. The van der Waals surface area contributed by atoms with E-state index in [-0.39, 0.29) is 5.91 Å². The summed E-state index contributed by atoms with van der Waals surface area (Å²) in [4.78, 5) is 13.9. The number of carbonyl (C=O) groups excluding carboxylic acids is 1. The van der Waals surface area contributed by atoms with Gasteiger partial charge in [0.25, 0.3) is 5.91 Å². The molecule has 1 N–H and O–H groups in total. The first-order valence-electron chi connectivity index (χ1n) is 8.01. The molecule has 2 heterocycles. The molecule has 0 aliphatic carbocycles. The second kappa shape index (κ2) is 6.76. The van der Waals surface area contributed by atoms with Crippen molar-refractivity contribution >= 4 is 15.7 Å². The van der Waals surface area contributed by atoms with E-state index in [4.69, 9.17) is 0 Å². The summed E-state index contributed by atoms with van der Waals surface area (Å²) in [5.41, 5.74) is 0.327. The molecule has 2 aliphatic rings. The molecule has 3 rings (SSSR count). The zero-order chi connectivity index (χ0) is 17.3. The number of carbonyl (C=O) groups is 1. The van der Waals surface area contributed by atoms with Crippen molar-refractivity contribution in [2.75, 3.05) is 26.2 Å². The minimum absolute atomic E-state index is 0.177. The van der Waals surface area contributed by atoms with Crippen molar-refractivity contribution < 1.29 is 22.0 Å². The highest BCUT2D eigenvalue weighted by Gasteiger charge is 2.32. The molecular formula is C16H20F2N2O3S. The maximum absolute atomic E-state index is 12.6. The lowest BCUT2D eigenvalue weighted by Crippen LogP contribution is -2.32. The van der Waals surface area contributed by atoms with Gasteiger partial charge in [-0.25, -0.2) is 8.42 Å². The summed E-state index contributed by atoms with van der Waals surface area (Å²) in [6.45, 7) is 3.32. The van der Waals surface area contributed by atoms with Gasteiger partial charge in [-0.15, -0.1) is 0 Å². The first-order valence-corrected chi connectivity index (χ1v) is 9.56. The van der Waals surface area contributed by atoms with Gasteiger partial charge in [0.1, 0.15) is 0 Å². The first kappa shape index (κ1) is 17.3. The van der Waals surface area contributed by atoms with E-state index in [1.807, 2.05) is 0 Å². The molecule has 132 valence electrons. The van der Waals surface area contributed by atoms with Crippen LogP contribution in [0.2, 0.25) is 0 Å². The number of alkyl halides is 2. The standard InChI is InChI=1S/C16H20F2N2O3S/c17-16(18)24(22,23)14-3-1-11(2-4-14)15(21)20-7-5-12-9-19-10-13(12)6-8-20/h1-4,12-13,16,19H,5-10H2/t12-,13+. The van der Waals surface area contributed by atoms with E-state index in [1.54, 1.807) is 4.90 Å². The molecule has 1 amide bonds. The van der Waals surface area contributed by atoms with Crippen molar-refractivity contribution in [2.45, 2.75) is 23.5 Å². The van der Waals surface area contributed by atoms with Crippen LogP contribution in [0.15, 0.2) is 29.2 Å². The molecule has 2 aliphatic heterocycles. The minimum atomic E-state index is -4.63. The smallest absolute Gasteiger partial charge is 0.339 e. The number of nitrogens with one attached hydrogen (secondary N) is 1. The van der Waals surface area contributed by atoms with Gasteiger partial charge in [-0.1, -0.05) is 0 Å². The van der Waals surface area contributed by atoms with E-state index in [2.05, 4.69) is 5.32 Å². The molecule has 0 saturated carbocycles. The van der Waals surface area contributed by atoms with Crippen molar-refractivity contribution in [2.24, 2.45) is 11.8 Å². The predicted molar refractivity (Wildman–Crippen MR) is 84.6 cm³/mol. The number of likely N-dealkylation sites (tertiary alicyclic amines) is 1. The van der Waals surface area contributed by atoms with Crippen molar-refractivity contribution in [1.82, 2.24) is 10.2 Å². The van der Waals surface area contributed by atoms with Gasteiger partial charge >= 0.3 is 5.76 Å². The number of amides is 1. The number of hydrogen-bond acceptors (Lipinski definition) is 4. The third-order valence-electron chi connectivity index (χ3n) is 4.97. The van der Waals surface area contributed by atoms with Gasteiger partial charge in [0, 0.05) is 18.7 Å². The van der Waals surface area contributed by atoms with E-state index in [0.29, 0.717) is 30.5 Å². The summed E-state index contributed by atoms with van der Waals surface area (Å²) in [7, 11) is -4.63. The second-order valence-electron chi connectivity index (χ2n) is 6.38. The Morgan fingerprint density at radius 2 is 1.62 bits per heavy atom. The summed E-state index contributed by atoms with van der Waals surface area (Å²) in [6.07, 6.45) is 1.89. The van der Waals surface area contributed by atoms with E-state index in [0.717, 1.165) is 38.1 Å². The molecule has 24 heavy (non-hydrogen) atoms. The summed E-state index contributed by atoms with van der Waals surface area (Å²) >= 11 is 0. The van der Waals surface area contributed by atoms with Crippen LogP contribution >= 0.6 is 0 Å². The van der Waals surface area contributed by atoms with Crippen LogP contribution in [0.5, 0.6) is 0 Å². The molecule has 2 atom stereocenters. The quantitative estimate of drug-likeness (QED) is 0.894. The number of sulfone groups is 1. The Kier molecular flexibility index (Phi) is 4.87. The van der Waals surface area contributed by atoms with Crippen molar-refractivity contribution in [3.63, 3.8) is 0 Å². The van der Waals surface area contributed by atoms with Crippen LogP contribution in [0.3, 0.4) is 0 Å². The van der Waals surface area contributed by atoms with Crippen LogP contribution in [0, 0.1) is 11.8 Å². The first-order chi connectivity index (χ1) is 11.4. The molecular weight excluding hydrogens is 338 g/mol. The number of hydrogen-bond donors (Lipinski definition) is 1. The maximum atomic E-state index is 12.6. The Morgan fingerprint density at radius 1 is 1.08 bits per heavy atom. The fourth-order valence-corrected chi connectivity index (χ4v) is 4.22. The van der Waals surface area contributed by atoms with Crippen molar-refractivity contribution in [1.29, 1.82) is 0 Å². The van der Waals surface area contributed by atoms with Crippen LogP contribution in [-0.4, -0.2) is 51.2 Å². The topological polar surface area (TPSA) is 66.5 Å². The molecule has 0 aromatic heterocycles. The average molecular weight is 358 g/mol. The number of halogens is 2. The zero-order valence-corrected chi connectivity index (χ0v) is 13.9. The highest BCUT2D eigenvalue weighted by atomic mass is 32.2. The molecule has 1 aromatic rings. The molecule has 8 heteroatoms. The summed E-state index contributed by atoms with van der Waals surface area (Å²) < 4.78 is 47.9.